The molecule has 0 radical (unpaired) electrons. The summed E-state index contributed by atoms with van der Waals surface area (Å²) in [4.78, 5) is 18.6. The van der Waals surface area contributed by atoms with Crippen molar-refractivity contribution in [2.24, 2.45) is 5.41 Å². The molecule has 4 fully saturated rings. The lowest BCUT2D eigenvalue weighted by Gasteiger charge is -2.49. The number of benzene rings is 2. The van der Waals surface area contributed by atoms with Crippen LogP contribution in [0.1, 0.15) is 33.1 Å². The summed E-state index contributed by atoms with van der Waals surface area (Å²) in [6.45, 7) is 12.6. The summed E-state index contributed by atoms with van der Waals surface area (Å²) in [5, 5.41) is 21.4. The van der Waals surface area contributed by atoms with Gasteiger partial charge >= 0.3 is 0 Å². The molecule has 0 bridgehead atoms. The van der Waals surface area contributed by atoms with Crippen LogP contribution in [0.15, 0.2) is 36.9 Å². The number of fused-ring (bicyclic) bond motifs is 1. The van der Waals surface area contributed by atoms with Crippen LogP contribution in [0, 0.1) is 17.0 Å². The highest BCUT2D eigenvalue weighted by molar-refractivity contribution is 6.34. The number of aliphatic hydroxyl groups is 1. The Hall–Kier alpha value is -3.05. The van der Waals surface area contributed by atoms with Crippen molar-refractivity contribution >= 4 is 34.3 Å². The molecular weight excluding hydrogens is 574 g/mol. The van der Waals surface area contributed by atoms with Gasteiger partial charge in [-0.3, -0.25) is 9.80 Å². The molecule has 4 aliphatic rings. The molecule has 1 aromatic heterocycles. The van der Waals surface area contributed by atoms with Crippen molar-refractivity contribution in [3.63, 3.8) is 0 Å². The minimum absolute atomic E-state index is 0.0300. The average molecular weight is 611 g/mol. The summed E-state index contributed by atoms with van der Waals surface area (Å²) in [6.07, 6.45) is 4.43. The van der Waals surface area contributed by atoms with Crippen molar-refractivity contribution < 1.29 is 19.0 Å². The molecule has 11 heteroatoms. The molecule has 3 aromatic rings. The molecule has 2 aromatic carbocycles. The zero-order valence-electron chi connectivity index (χ0n) is 24.5. The second kappa shape index (κ2) is 10.5. The Morgan fingerprint density at radius 1 is 1.09 bits per heavy atom. The summed E-state index contributed by atoms with van der Waals surface area (Å²) in [5.41, 5.74) is -0.298. The van der Waals surface area contributed by atoms with Gasteiger partial charge < -0.3 is 20.0 Å². The van der Waals surface area contributed by atoms with E-state index >= 15 is 4.39 Å². The molecular formula is C32H37ClF2N6O2. The molecule has 3 aliphatic heterocycles. The SMILES string of the molecule is C=CC(O)N1C[C@H](C)N(c2nc(N3CC4(CCN(C5CC5)C4)C3)nc3c(F)c(-c4c(O)cccc4F)c(Cl)cc23)C[C@H]1C. The van der Waals surface area contributed by atoms with Gasteiger partial charge in [0.15, 0.2) is 5.82 Å². The summed E-state index contributed by atoms with van der Waals surface area (Å²) in [5.74, 6) is -1.01. The Kier molecular flexibility index (Phi) is 7.04. The highest BCUT2D eigenvalue weighted by Crippen LogP contribution is 2.47. The highest BCUT2D eigenvalue weighted by Gasteiger charge is 2.51. The van der Waals surface area contributed by atoms with E-state index in [-0.39, 0.29) is 39.2 Å². The number of halogens is 3. The summed E-state index contributed by atoms with van der Waals surface area (Å²) in [7, 11) is 0. The molecule has 1 saturated carbocycles. The van der Waals surface area contributed by atoms with E-state index in [9.17, 15) is 14.6 Å². The first-order valence-electron chi connectivity index (χ1n) is 15.1. The van der Waals surface area contributed by atoms with E-state index in [2.05, 4.69) is 21.3 Å². The van der Waals surface area contributed by atoms with Gasteiger partial charge in [-0.25, -0.2) is 13.8 Å². The van der Waals surface area contributed by atoms with E-state index in [0.717, 1.165) is 44.7 Å². The van der Waals surface area contributed by atoms with Crippen LogP contribution < -0.4 is 9.80 Å². The smallest absolute Gasteiger partial charge is 0.228 e. The third kappa shape index (κ3) is 4.83. The number of phenolic OH excluding ortho intramolecular Hbond substituents is 1. The predicted molar refractivity (Wildman–Crippen MR) is 165 cm³/mol. The second-order valence-corrected chi connectivity index (χ2v) is 13.3. The number of hydrogen-bond donors (Lipinski definition) is 2. The van der Waals surface area contributed by atoms with Crippen LogP contribution in [0.5, 0.6) is 5.75 Å². The van der Waals surface area contributed by atoms with Crippen molar-refractivity contribution in [2.45, 2.75) is 57.5 Å². The van der Waals surface area contributed by atoms with E-state index in [1.165, 1.54) is 31.1 Å². The maximum Gasteiger partial charge on any atom is 0.228 e. The fraction of sp³-hybridized carbons (Fsp3) is 0.500. The summed E-state index contributed by atoms with van der Waals surface area (Å²) < 4.78 is 31.5. The molecule has 43 heavy (non-hydrogen) atoms. The quantitative estimate of drug-likeness (QED) is 0.377. The average Bonchev–Trinajstić information content (AvgIpc) is 3.71. The summed E-state index contributed by atoms with van der Waals surface area (Å²) >= 11 is 6.65. The molecule has 7 rings (SSSR count). The monoisotopic (exact) mass is 610 g/mol. The maximum absolute atomic E-state index is 16.6. The number of aromatic hydroxyl groups is 1. The van der Waals surface area contributed by atoms with Crippen LogP contribution in [0.2, 0.25) is 5.02 Å². The maximum atomic E-state index is 16.6. The van der Waals surface area contributed by atoms with Crippen molar-refractivity contribution in [1.29, 1.82) is 0 Å². The zero-order valence-corrected chi connectivity index (χ0v) is 25.2. The largest absolute Gasteiger partial charge is 0.507 e. The Labute approximate surface area is 255 Å². The fourth-order valence-electron chi connectivity index (χ4n) is 7.35. The highest BCUT2D eigenvalue weighted by atomic mass is 35.5. The van der Waals surface area contributed by atoms with Gasteiger partial charge in [0.1, 0.15) is 29.1 Å². The Balaban J connectivity index is 1.32. The number of piperazine rings is 1. The number of phenols is 1. The molecule has 1 spiro atoms. The van der Waals surface area contributed by atoms with Gasteiger partial charge in [-0.1, -0.05) is 24.2 Å². The Bertz CT molecular complexity index is 1580. The fourth-order valence-corrected chi connectivity index (χ4v) is 7.64. The number of hydrogen-bond acceptors (Lipinski definition) is 8. The van der Waals surface area contributed by atoms with Gasteiger partial charge in [0.2, 0.25) is 5.95 Å². The van der Waals surface area contributed by atoms with Crippen LogP contribution in [0.4, 0.5) is 20.5 Å². The third-order valence-electron chi connectivity index (χ3n) is 9.82. The molecule has 3 saturated heterocycles. The van der Waals surface area contributed by atoms with E-state index in [1.54, 1.807) is 6.07 Å². The van der Waals surface area contributed by atoms with Crippen LogP contribution in [-0.4, -0.2) is 93.6 Å². The molecule has 1 unspecified atom stereocenters. The minimum atomic E-state index is -0.801. The van der Waals surface area contributed by atoms with Gasteiger partial charge in [0, 0.05) is 67.2 Å². The standard InChI is InChI=1S/C32H37ClF2N6O2/c1-4-25(43)40-13-19(3)41(14-18(40)2)30-21-12-22(33)26(27-23(34)6-5-7-24(27)42)28(35)29(21)36-31(37-30)39-16-32(17-39)10-11-38(15-32)20-8-9-20/h4-7,12,18-20,25,42-43H,1,8-11,13-17H2,2-3H3/t18-,19+,25?/m1/s1. The number of nitrogens with zero attached hydrogens (tertiary/aromatic N) is 6. The van der Waals surface area contributed by atoms with Crippen molar-refractivity contribution in [1.82, 2.24) is 19.8 Å². The van der Waals surface area contributed by atoms with E-state index in [1.807, 2.05) is 18.7 Å². The normalized spacial score (nSPS) is 25.0. The van der Waals surface area contributed by atoms with Gasteiger partial charge in [-0.15, -0.1) is 0 Å². The first-order valence-corrected chi connectivity index (χ1v) is 15.5. The second-order valence-electron chi connectivity index (χ2n) is 12.9. The van der Waals surface area contributed by atoms with Crippen molar-refractivity contribution in [3.8, 4) is 16.9 Å². The number of rotatable bonds is 6. The van der Waals surface area contributed by atoms with Gasteiger partial charge in [0.05, 0.1) is 10.6 Å². The number of aliphatic hydroxyl groups excluding tert-OH is 1. The topological polar surface area (TPSA) is 79.2 Å². The van der Waals surface area contributed by atoms with Crippen molar-refractivity contribution in [3.05, 3.63) is 53.6 Å². The minimum Gasteiger partial charge on any atom is -0.507 e. The van der Waals surface area contributed by atoms with Gasteiger partial charge in [0.25, 0.3) is 0 Å². The predicted octanol–water partition coefficient (Wildman–Crippen LogP) is 5.01. The van der Waals surface area contributed by atoms with Crippen LogP contribution in [0.25, 0.3) is 22.0 Å². The molecule has 0 amide bonds. The molecule has 8 nitrogen and oxygen atoms in total. The van der Waals surface area contributed by atoms with Crippen molar-refractivity contribution in [2.75, 3.05) is 49.1 Å². The number of aromatic nitrogens is 2. The molecule has 4 heterocycles. The summed E-state index contributed by atoms with van der Waals surface area (Å²) in [6, 6.07) is 6.00. The van der Waals surface area contributed by atoms with E-state index < -0.39 is 23.6 Å². The first-order chi connectivity index (χ1) is 20.6. The molecule has 2 N–H and O–H groups in total. The van der Waals surface area contributed by atoms with E-state index in [0.29, 0.717) is 30.2 Å². The molecule has 3 atom stereocenters. The molecule has 1 aliphatic carbocycles. The van der Waals surface area contributed by atoms with Crippen LogP contribution in [0.3, 0.4) is 0 Å². The lowest BCUT2D eigenvalue weighted by molar-refractivity contribution is 0.0000598. The number of anilines is 2. The van der Waals surface area contributed by atoms with Crippen LogP contribution in [-0.2, 0) is 0 Å². The zero-order chi connectivity index (χ0) is 30.2. The molecule has 228 valence electrons. The lowest BCUT2D eigenvalue weighted by atomic mass is 9.79. The third-order valence-corrected chi connectivity index (χ3v) is 10.1. The number of likely N-dealkylation sites (tertiary alicyclic amines) is 1. The van der Waals surface area contributed by atoms with Gasteiger partial charge in [-0.05, 0) is 63.9 Å². The lowest BCUT2D eigenvalue weighted by Crippen LogP contribution is -2.60. The van der Waals surface area contributed by atoms with Gasteiger partial charge in [-0.2, -0.15) is 4.98 Å². The van der Waals surface area contributed by atoms with Crippen LogP contribution >= 0.6 is 11.6 Å². The Morgan fingerprint density at radius 3 is 2.56 bits per heavy atom. The first kappa shape index (κ1) is 28.7. The Morgan fingerprint density at radius 2 is 1.86 bits per heavy atom. The van der Waals surface area contributed by atoms with E-state index in [4.69, 9.17) is 21.6 Å².